The van der Waals surface area contributed by atoms with Crippen LogP contribution in [0.1, 0.15) is 31.9 Å². The molecule has 0 atom stereocenters. The van der Waals surface area contributed by atoms with Crippen LogP contribution in [0.3, 0.4) is 0 Å². The van der Waals surface area contributed by atoms with Crippen molar-refractivity contribution in [3.63, 3.8) is 0 Å². The molecule has 0 amide bonds. The maximum absolute atomic E-state index is 3.55. The molecule has 0 spiro atoms. The molecule has 0 aliphatic heterocycles. The molecule has 23 heavy (non-hydrogen) atoms. The highest BCUT2D eigenvalue weighted by Crippen LogP contribution is 2.29. The molecule has 0 saturated heterocycles. The Kier molecular flexibility index (Phi) is 6.44. The topological polar surface area (TPSA) is 0 Å². The number of hydrogen-bond acceptors (Lipinski definition) is 0. The van der Waals surface area contributed by atoms with Crippen molar-refractivity contribution in [1.82, 2.24) is 0 Å². The van der Waals surface area contributed by atoms with Gasteiger partial charge in [0.1, 0.15) is 0 Å². The van der Waals surface area contributed by atoms with Gasteiger partial charge in [-0.1, -0.05) is 99.3 Å². The third-order valence-electron chi connectivity index (χ3n) is 4.83. The predicted octanol–water partition coefficient (Wildman–Crippen LogP) is 6.17. The quantitative estimate of drug-likeness (QED) is 0.457. The minimum Gasteiger partial charge on any atom is -0.0707 e. The van der Waals surface area contributed by atoms with Crippen LogP contribution >= 0.6 is 0 Å². The summed E-state index contributed by atoms with van der Waals surface area (Å²) in [6, 6.07) is 24.7. The standard InChI is InChI=1S/C22H26Si/c1-4-23(5-2,6-3)22(19-21-15-11-8-12-16-21)18-17-20-13-9-7-10-14-20/h7-16,19H,4-6H2,1-3H3/b22-19+. The number of allylic oxidation sites excluding steroid dienone is 1. The largest absolute Gasteiger partial charge is 0.0967 e. The van der Waals surface area contributed by atoms with Gasteiger partial charge in [0.25, 0.3) is 0 Å². The number of benzene rings is 2. The van der Waals surface area contributed by atoms with E-state index < -0.39 is 8.07 Å². The van der Waals surface area contributed by atoms with Crippen molar-refractivity contribution in [3.05, 3.63) is 77.0 Å². The van der Waals surface area contributed by atoms with Gasteiger partial charge < -0.3 is 0 Å². The highest BCUT2D eigenvalue weighted by molar-refractivity contribution is 6.87. The number of hydrogen-bond donors (Lipinski definition) is 0. The third-order valence-corrected chi connectivity index (χ3v) is 10.3. The first-order valence-corrected chi connectivity index (χ1v) is 11.2. The number of rotatable bonds is 5. The minimum absolute atomic E-state index is 1.10. The fraction of sp³-hybridized carbons (Fsp3) is 0.273. The van der Waals surface area contributed by atoms with Crippen LogP contribution in [0.25, 0.3) is 6.08 Å². The molecule has 2 aromatic carbocycles. The van der Waals surface area contributed by atoms with Crippen molar-refractivity contribution in [2.75, 3.05) is 0 Å². The van der Waals surface area contributed by atoms with Gasteiger partial charge in [0.15, 0.2) is 0 Å². The van der Waals surface area contributed by atoms with Crippen LogP contribution in [0.15, 0.2) is 65.9 Å². The van der Waals surface area contributed by atoms with E-state index in [1.54, 1.807) is 0 Å². The van der Waals surface area contributed by atoms with Gasteiger partial charge in [-0.05, 0) is 29.0 Å². The van der Waals surface area contributed by atoms with E-state index in [-0.39, 0.29) is 0 Å². The summed E-state index contributed by atoms with van der Waals surface area (Å²) in [7, 11) is -1.50. The summed E-state index contributed by atoms with van der Waals surface area (Å²) in [5, 5.41) is 1.39. The Morgan fingerprint density at radius 2 is 1.35 bits per heavy atom. The van der Waals surface area contributed by atoms with Gasteiger partial charge in [0, 0.05) is 5.56 Å². The van der Waals surface area contributed by atoms with Gasteiger partial charge in [0.05, 0.1) is 8.07 Å². The average Bonchev–Trinajstić information content (AvgIpc) is 2.63. The Balaban J connectivity index is 2.48. The molecule has 2 aromatic rings. The zero-order valence-electron chi connectivity index (χ0n) is 14.5. The van der Waals surface area contributed by atoms with E-state index in [0.717, 1.165) is 5.56 Å². The monoisotopic (exact) mass is 318 g/mol. The Bertz CT molecular complexity index is 675. The van der Waals surface area contributed by atoms with Crippen LogP contribution < -0.4 is 0 Å². The van der Waals surface area contributed by atoms with Crippen molar-refractivity contribution in [3.8, 4) is 11.8 Å². The molecular weight excluding hydrogens is 292 g/mol. The summed E-state index contributed by atoms with van der Waals surface area (Å²) in [6.45, 7) is 7.01. The molecule has 0 saturated carbocycles. The Morgan fingerprint density at radius 3 is 1.87 bits per heavy atom. The first-order valence-electron chi connectivity index (χ1n) is 8.58. The van der Waals surface area contributed by atoms with E-state index in [2.05, 4.69) is 93.3 Å². The van der Waals surface area contributed by atoms with Crippen LogP contribution in [-0.4, -0.2) is 8.07 Å². The van der Waals surface area contributed by atoms with Gasteiger partial charge >= 0.3 is 0 Å². The molecule has 0 heterocycles. The Hall–Kier alpha value is -2.04. The summed E-state index contributed by atoms with van der Waals surface area (Å²) >= 11 is 0. The summed E-state index contributed by atoms with van der Waals surface area (Å²) < 4.78 is 0. The van der Waals surface area contributed by atoms with Crippen LogP contribution in [0.4, 0.5) is 0 Å². The van der Waals surface area contributed by atoms with Crippen molar-refractivity contribution in [1.29, 1.82) is 0 Å². The van der Waals surface area contributed by atoms with Crippen molar-refractivity contribution in [2.24, 2.45) is 0 Å². The van der Waals surface area contributed by atoms with E-state index >= 15 is 0 Å². The molecule has 0 aliphatic rings. The van der Waals surface area contributed by atoms with Gasteiger partial charge in [-0.3, -0.25) is 0 Å². The molecule has 0 aliphatic carbocycles. The van der Waals surface area contributed by atoms with Crippen molar-refractivity contribution < 1.29 is 0 Å². The summed E-state index contributed by atoms with van der Waals surface area (Å²) in [6.07, 6.45) is 2.33. The van der Waals surface area contributed by atoms with Gasteiger partial charge in [-0.25, -0.2) is 0 Å². The van der Waals surface area contributed by atoms with E-state index in [9.17, 15) is 0 Å². The van der Waals surface area contributed by atoms with E-state index in [1.165, 1.54) is 28.9 Å². The fourth-order valence-corrected chi connectivity index (χ4v) is 6.46. The molecule has 118 valence electrons. The van der Waals surface area contributed by atoms with Crippen molar-refractivity contribution in [2.45, 2.75) is 38.9 Å². The molecule has 0 fully saturated rings. The summed E-state index contributed by atoms with van der Waals surface area (Å²) in [5.74, 6) is 6.94. The third kappa shape index (κ3) is 4.47. The first kappa shape index (κ1) is 17.3. The van der Waals surface area contributed by atoms with Crippen LogP contribution in [0.5, 0.6) is 0 Å². The fourth-order valence-electron chi connectivity index (χ4n) is 3.02. The van der Waals surface area contributed by atoms with Crippen LogP contribution in [-0.2, 0) is 0 Å². The van der Waals surface area contributed by atoms with Gasteiger partial charge in [0.2, 0.25) is 0 Å². The predicted molar refractivity (Wildman–Crippen MR) is 105 cm³/mol. The lowest BCUT2D eigenvalue weighted by atomic mass is 10.2. The van der Waals surface area contributed by atoms with Gasteiger partial charge in [-0.15, -0.1) is 0 Å². The highest BCUT2D eigenvalue weighted by Gasteiger charge is 2.30. The zero-order chi connectivity index (χ0) is 16.5. The average molecular weight is 319 g/mol. The van der Waals surface area contributed by atoms with Crippen LogP contribution in [0.2, 0.25) is 18.1 Å². The molecule has 0 N–H and O–H groups in total. The molecule has 0 unspecified atom stereocenters. The lowest BCUT2D eigenvalue weighted by Gasteiger charge is -2.28. The molecule has 0 radical (unpaired) electrons. The maximum atomic E-state index is 3.55. The molecular formula is C22H26Si. The normalized spacial score (nSPS) is 11.7. The van der Waals surface area contributed by atoms with E-state index in [1.807, 2.05) is 6.07 Å². The molecule has 1 heteroatoms. The van der Waals surface area contributed by atoms with Crippen LogP contribution in [0, 0.1) is 11.8 Å². The second-order valence-electron chi connectivity index (χ2n) is 5.93. The second-order valence-corrected chi connectivity index (χ2v) is 11.1. The van der Waals surface area contributed by atoms with E-state index in [4.69, 9.17) is 0 Å². The second kappa shape index (κ2) is 8.55. The van der Waals surface area contributed by atoms with Crippen molar-refractivity contribution >= 4 is 14.1 Å². The minimum atomic E-state index is -1.50. The summed E-state index contributed by atoms with van der Waals surface area (Å²) in [5.41, 5.74) is 2.36. The Morgan fingerprint density at radius 1 is 0.826 bits per heavy atom. The molecule has 2 rings (SSSR count). The van der Waals surface area contributed by atoms with Gasteiger partial charge in [-0.2, -0.15) is 0 Å². The Labute approximate surface area is 142 Å². The summed E-state index contributed by atoms with van der Waals surface area (Å²) in [4.78, 5) is 0. The lowest BCUT2D eigenvalue weighted by molar-refractivity contribution is 1.18. The first-order chi connectivity index (χ1) is 11.2. The molecule has 0 nitrogen and oxygen atoms in total. The van der Waals surface area contributed by atoms with E-state index in [0.29, 0.717) is 0 Å². The molecule has 0 bridgehead atoms. The SMILES string of the molecule is CC[Si](CC)(CC)/C(C#Cc1ccccc1)=C/c1ccccc1. The molecule has 0 aromatic heterocycles. The smallest absolute Gasteiger partial charge is 0.0707 e. The lowest BCUT2D eigenvalue weighted by Crippen LogP contribution is -2.34. The highest BCUT2D eigenvalue weighted by atomic mass is 28.3. The maximum Gasteiger partial charge on any atom is 0.0967 e. The zero-order valence-corrected chi connectivity index (χ0v) is 15.5.